The monoisotopic (exact) mass is 342 g/mol. The molecular weight excluding hydrogens is 319 g/mol. The zero-order valence-electron chi connectivity index (χ0n) is 14.5. The molecule has 25 heavy (non-hydrogen) atoms. The Bertz CT molecular complexity index is 770. The predicted molar refractivity (Wildman–Crippen MR) is 92.0 cm³/mol. The molecule has 5 nitrogen and oxygen atoms in total. The number of hydrogen-bond donors (Lipinski definition) is 0. The van der Waals surface area contributed by atoms with Gasteiger partial charge in [0.2, 0.25) is 5.82 Å². The summed E-state index contributed by atoms with van der Waals surface area (Å²) in [6.07, 6.45) is 6.24. The molecule has 0 spiro atoms. The highest BCUT2D eigenvalue weighted by atomic mass is 19.1. The number of amides is 1. The summed E-state index contributed by atoms with van der Waals surface area (Å²) in [6, 6.07) is 6.04. The Balaban J connectivity index is 1.53. The van der Waals surface area contributed by atoms with Crippen LogP contribution in [-0.2, 0) is 0 Å². The van der Waals surface area contributed by atoms with Gasteiger partial charge in [0, 0.05) is 13.1 Å². The molecule has 0 unspecified atom stereocenters. The van der Waals surface area contributed by atoms with Crippen LogP contribution in [0.2, 0.25) is 0 Å². The average molecular weight is 342 g/mol. The van der Waals surface area contributed by atoms with E-state index in [0.717, 1.165) is 25.4 Å². The maximum atomic E-state index is 13.1. The number of aryl methyl sites for hydroxylation is 1. The molecule has 1 aromatic heterocycles. The number of piperidine rings is 1. The van der Waals surface area contributed by atoms with Crippen LogP contribution in [0.15, 0.2) is 24.3 Å². The second kappa shape index (κ2) is 6.58. The summed E-state index contributed by atoms with van der Waals surface area (Å²) < 4.78 is 14.7. The highest BCUT2D eigenvalue weighted by molar-refractivity contribution is 5.90. The minimum Gasteiger partial charge on any atom is -0.336 e. The van der Waals surface area contributed by atoms with Crippen molar-refractivity contribution >= 4 is 5.91 Å². The highest BCUT2D eigenvalue weighted by Gasteiger charge is 2.34. The van der Waals surface area contributed by atoms with Gasteiger partial charge in [0.25, 0.3) is 5.91 Å². The third kappa shape index (κ3) is 3.17. The van der Waals surface area contributed by atoms with Crippen LogP contribution in [0.3, 0.4) is 0 Å². The molecule has 2 fully saturated rings. The number of carbonyl (C=O) groups excluding carboxylic acids is 1. The van der Waals surface area contributed by atoms with Crippen LogP contribution in [-0.4, -0.2) is 38.7 Å². The summed E-state index contributed by atoms with van der Waals surface area (Å²) in [6.45, 7) is 3.43. The highest BCUT2D eigenvalue weighted by Crippen LogP contribution is 2.36. The van der Waals surface area contributed by atoms with Gasteiger partial charge in [0.1, 0.15) is 11.6 Å². The molecule has 2 atom stereocenters. The van der Waals surface area contributed by atoms with E-state index in [4.69, 9.17) is 0 Å². The van der Waals surface area contributed by atoms with Crippen molar-refractivity contribution in [3.05, 3.63) is 41.7 Å². The van der Waals surface area contributed by atoms with Crippen molar-refractivity contribution in [1.82, 2.24) is 19.7 Å². The van der Waals surface area contributed by atoms with Gasteiger partial charge in [-0.05, 0) is 55.9 Å². The maximum Gasteiger partial charge on any atom is 0.293 e. The van der Waals surface area contributed by atoms with Crippen molar-refractivity contribution < 1.29 is 9.18 Å². The van der Waals surface area contributed by atoms with Crippen molar-refractivity contribution in [3.63, 3.8) is 0 Å². The van der Waals surface area contributed by atoms with Gasteiger partial charge in [-0.25, -0.2) is 14.1 Å². The van der Waals surface area contributed by atoms with Gasteiger partial charge in [-0.15, -0.1) is 5.10 Å². The van der Waals surface area contributed by atoms with E-state index in [-0.39, 0.29) is 17.5 Å². The molecule has 6 heteroatoms. The Morgan fingerprint density at radius 1 is 1.12 bits per heavy atom. The largest absolute Gasteiger partial charge is 0.336 e. The summed E-state index contributed by atoms with van der Waals surface area (Å²) in [7, 11) is 0. The van der Waals surface area contributed by atoms with Crippen molar-refractivity contribution in [2.45, 2.75) is 39.0 Å². The second-order valence-corrected chi connectivity index (χ2v) is 7.22. The van der Waals surface area contributed by atoms with E-state index in [1.165, 1.54) is 37.8 Å². The van der Waals surface area contributed by atoms with E-state index in [2.05, 4.69) is 10.1 Å². The average Bonchev–Trinajstić information content (AvgIpc) is 3.03. The third-order valence-electron chi connectivity index (χ3n) is 5.61. The van der Waals surface area contributed by atoms with E-state index < -0.39 is 0 Å². The number of fused-ring (bicyclic) bond motifs is 1. The molecule has 0 N–H and O–H groups in total. The van der Waals surface area contributed by atoms with Gasteiger partial charge in [0.15, 0.2) is 0 Å². The maximum absolute atomic E-state index is 13.1. The van der Waals surface area contributed by atoms with E-state index in [1.807, 2.05) is 4.90 Å². The minimum absolute atomic E-state index is 0.0898. The lowest BCUT2D eigenvalue weighted by atomic mass is 9.75. The topological polar surface area (TPSA) is 51.0 Å². The second-order valence-electron chi connectivity index (χ2n) is 7.22. The molecule has 1 aliphatic heterocycles. The number of carbonyl (C=O) groups is 1. The van der Waals surface area contributed by atoms with Crippen molar-refractivity contribution in [2.75, 3.05) is 13.1 Å². The Labute approximate surface area is 146 Å². The standard InChI is InChI=1S/C19H23FN4O/c1-13-21-18(22-24(13)17-8-6-16(20)7-9-17)19(25)23-11-10-14-4-2-3-5-15(14)12-23/h6-9,14-15H,2-5,10-12H2,1H3/t14-,15+/m1/s1. The number of likely N-dealkylation sites (tertiary alicyclic amines) is 1. The van der Waals surface area contributed by atoms with Crippen LogP contribution in [0.5, 0.6) is 0 Å². The molecule has 1 saturated heterocycles. The summed E-state index contributed by atoms with van der Waals surface area (Å²) in [5, 5.41) is 4.38. The smallest absolute Gasteiger partial charge is 0.293 e. The van der Waals surface area contributed by atoms with Crippen LogP contribution in [0.1, 0.15) is 48.5 Å². The first-order valence-electron chi connectivity index (χ1n) is 9.10. The zero-order valence-corrected chi connectivity index (χ0v) is 14.5. The molecule has 0 bridgehead atoms. The third-order valence-corrected chi connectivity index (χ3v) is 5.61. The quantitative estimate of drug-likeness (QED) is 0.841. The molecule has 2 aromatic rings. The van der Waals surface area contributed by atoms with Gasteiger partial charge < -0.3 is 4.90 Å². The van der Waals surface area contributed by atoms with E-state index in [0.29, 0.717) is 17.4 Å². The normalized spacial score (nSPS) is 23.4. The first kappa shape index (κ1) is 16.2. The SMILES string of the molecule is Cc1nc(C(=O)N2CC[C@H]3CCCC[C@H]3C2)nn1-c1ccc(F)cc1. The van der Waals surface area contributed by atoms with Crippen LogP contribution in [0.25, 0.3) is 5.69 Å². The number of rotatable bonds is 2. The Hall–Kier alpha value is -2.24. The summed E-state index contributed by atoms with van der Waals surface area (Å²) >= 11 is 0. The number of benzene rings is 1. The van der Waals surface area contributed by atoms with Gasteiger partial charge in [-0.3, -0.25) is 4.79 Å². The number of aromatic nitrogens is 3. The van der Waals surface area contributed by atoms with Crippen LogP contribution < -0.4 is 0 Å². The van der Waals surface area contributed by atoms with E-state index in [9.17, 15) is 9.18 Å². The van der Waals surface area contributed by atoms with Crippen molar-refractivity contribution in [3.8, 4) is 5.69 Å². The molecule has 4 rings (SSSR count). The lowest BCUT2D eigenvalue weighted by Gasteiger charge is -2.40. The Morgan fingerprint density at radius 2 is 1.84 bits per heavy atom. The molecule has 1 aliphatic carbocycles. The number of nitrogens with zero attached hydrogens (tertiary/aromatic N) is 4. The van der Waals surface area contributed by atoms with Crippen LogP contribution >= 0.6 is 0 Å². The lowest BCUT2D eigenvalue weighted by Crippen LogP contribution is -2.45. The number of halogens is 1. The molecule has 1 saturated carbocycles. The fraction of sp³-hybridized carbons (Fsp3) is 0.526. The van der Waals surface area contributed by atoms with Gasteiger partial charge >= 0.3 is 0 Å². The molecule has 1 amide bonds. The fourth-order valence-corrected chi connectivity index (χ4v) is 4.23. The molecule has 0 radical (unpaired) electrons. The van der Waals surface area contributed by atoms with Crippen LogP contribution in [0, 0.1) is 24.6 Å². The van der Waals surface area contributed by atoms with E-state index >= 15 is 0 Å². The predicted octanol–water partition coefficient (Wildman–Crippen LogP) is 3.37. The molecule has 2 heterocycles. The summed E-state index contributed by atoms with van der Waals surface area (Å²) in [5.41, 5.74) is 0.705. The van der Waals surface area contributed by atoms with E-state index in [1.54, 1.807) is 23.7 Å². The minimum atomic E-state index is -0.298. The van der Waals surface area contributed by atoms with Crippen molar-refractivity contribution in [2.24, 2.45) is 11.8 Å². The van der Waals surface area contributed by atoms with Gasteiger partial charge in [-0.2, -0.15) is 0 Å². The van der Waals surface area contributed by atoms with Gasteiger partial charge in [0.05, 0.1) is 5.69 Å². The molecule has 132 valence electrons. The lowest BCUT2D eigenvalue weighted by molar-refractivity contribution is 0.0510. The Kier molecular flexibility index (Phi) is 4.27. The van der Waals surface area contributed by atoms with Crippen molar-refractivity contribution in [1.29, 1.82) is 0 Å². The molecule has 1 aromatic carbocycles. The number of hydrogen-bond acceptors (Lipinski definition) is 3. The first-order chi connectivity index (χ1) is 12.1. The summed E-state index contributed by atoms with van der Waals surface area (Å²) in [4.78, 5) is 19.1. The Morgan fingerprint density at radius 3 is 2.60 bits per heavy atom. The van der Waals surface area contributed by atoms with Gasteiger partial charge in [-0.1, -0.05) is 19.3 Å². The molecular formula is C19H23FN4O. The summed E-state index contributed by atoms with van der Waals surface area (Å²) in [5.74, 6) is 1.88. The first-order valence-corrected chi connectivity index (χ1v) is 9.10. The fourth-order valence-electron chi connectivity index (χ4n) is 4.23. The molecule has 2 aliphatic rings. The zero-order chi connectivity index (χ0) is 17.4. The van der Waals surface area contributed by atoms with Crippen LogP contribution in [0.4, 0.5) is 4.39 Å².